The first kappa shape index (κ1) is 8.55. The Morgan fingerprint density at radius 1 is 1.50 bits per heavy atom. The van der Waals surface area contributed by atoms with Gasteiger partial charge in [0.25, 0.3) is 0 Å². The van der Waals surface area contributed by atoms with Crippen molar-refractivity contribution in [3.05, 3.63) is 40.3 Å². The minimum Gasteiger partial charge on any atom is -0.454 e. The zero-order valence-electron chi connectivity index (χ0n) is 7.48. The van der Waals surface area contributed by atoms with Crippen molar-refractivity contribution >= 4 is 11.4 Å². The van der Waals surface area contributed by atoms with Crippen LogP contribution in [0.3, 0.4) is 0 Å². The van der Waals surface area contributed by atoms with Crippen LogP contribution in [0.1, 0.15) is 5.56 Å². The fraction of sp³-hybridized carbons (Fsp3) is 0.111. The third-order valence-corrected chi connectivity index (χ3v) is 2.02. The summed E-state index contributed by atoms with van der Waals surface area (Å²) in [5.74, 6) is 0.275. The minimum absolute atomic E-state index is 0.0255. The van der Waals surface area contributed by atoms with E-state index < -0.39 is 4.92 Å². The second kappa shape index (κ2) is 3.02. The van der Waals surface area contributed by atoms with Gasteiger partial charge in [0.1, 0.15) is 6.26 Å². The number of hydrogen-bond donors (Lipinski definition) is 1. The zero-order valence-corrected chi connectivity index (χ0v) is 7.48. The van der Waals surface area contributed by atoms with Crippen molar-refractivity contribution in [2.24, 2.45) is 0 Å². The summed E-state index contributed by atoms with van der Waals surface area (Å²) in [5.41, 5.74) is 1.54. The van der Waals surface area contributed by atoms with Gasteiger partial charge in [-0.05, 0) is 12.5 Å². The van der Waals surface area contributed by atoms with Gasteiger partial charge in [-0.1, -0.05) is 6.07 Å². The van der Waals surface area contributed by atoms with E-state index in [9.17, 15) is 10.1 Å². The number of nitro benzene ring substituents is 1. The summed E-state index contributed by atoms with van der Waals surface area (Å²) in [7, 11) is 0. The van der Waals surface area contributed by atoms with E-state index in [1.54, 1.807) is 12.3 Å². The molecule has 0 unspecified atom stereocenters. The van der Waals surface area contributed by atoms with Crippen molar-refractivity contribution in [2.45, 2.75) is 6.92 Å². The van der Waals surface area contributed by atoms with Gasteiger partial charge in [0.15, 0.2) is 0 Å². The third-order valence-electron chi connectivity index (χ3n) is 2.02. The molecule has 0 saturated heterocycles. The molecule has 5 heteroatoms. The first-order chi connectivity index (χ1) is 6.70. The monoisotopic (exact) mass is 192 g/mol. The number of ether oxygens (including phenoxy) is 1. The normalized spacial score (nSPS) is 12.6. The van der Waals surface area contributed by atoms with Crippen LogP contribution in [0.2, 0.25) is 0 Å². The van der Waals surface area contributed by atoms with E-state index in [1.807, 2.05) is 6.92 Å². The molecule has 0 atom stereocenters. The molecule has 1 aliphatic rings. The Balaban J connectivity index is 2.62. The summed E-state index contributed by atoms with van der Waals surface area (Å²) in [6, 6.07) is 3.13. The van der Waals surface area contributed by atoms with Crippen LogP contribution < -0.4 is 10.1 Å². The van der Waals surface area contributed by atoms with Crippen LogP contribution in [-0.2, 0) is 0 Å². The van der Waals surface area contributed by atoms with E-state index in [-0.39, 0.29) is 11.4 Å². The highest BCUT2D eigenvalue weighted by Gasteiger charge is 2.21. The molecule has 72 valence electrons. The Morgan fingerprint density at radius 3 is 3.00 bits per heavy atom. The Bertz CT molecular complexity index is 426. The van der Waals surface area contributed by atoms with E-state index in [1.165, 1.54) is 12.3 Å². The number of nitrogens with zero attached hydrogens (tertiary/aromatic N) is 1. The molecule has 0 radical (unpaired) electrons. The predicted octanol–water partition coefficient (Wildman–Crippen LogP) is 2.18. The predicted molar refractivity (Wildman–Crippen MR) is 51.2 cm³/mol. The zero-order chi connectivity index (χ0) is 10.1. The molecule has 1 aromatic carbocycles. The lowest BCUT2D eigenvalue weighted by Crippen LogP contribution is -2.04. The van der Waals surface area contributed by atoms with Gasteiger partial charge < -0.3 is 10.1 Å². The molecule has 0 fully saturated rings. The minimum atomic E-state index is -0.459. The molecular formula is C9H8N2O3. The summed E-state index contributed by atoms with van der Waals surface area (Å²) in [6.45, 7) is 1.86. The van der Waals surface area contributed by atoms with Crippen molar-refractivity contribution < 1.29 is 9.66 Å². The smallest absolute Gasteiger partial charge is 0.313 e. The van der Waals surface area contributed by atoms with Gasteiger partial charge in [0.05, 0.1) is 10.6 Å². The van der Waals surface area contributed by atoms with Gasteiger partial charge in [-0.25, -0.2) is 0 Å². The standard InChI is InChI=1S/C9H8N2O3/c1-6-2-3-7(11(12)13)9-8(6)10-4-5-14-9/h2-5,10H,1H3. The van der Waals surface area contributed by atoms with Crippen LogP contribution in [-0.4, -0.2) is 4.92 Å². The van der Waals surface area contributed by atoms with Crippen molar-refractivity contribution in [1.29, 1.82) is 0 Å². The van der Waals surface area contributed by atoms with Gasteiger partial charge in [-0.2, -0.15) is 0 Å². The molecule has 1 aromatic rings. The molecule has 1 heterocycles. The summed E-state index contributed by atoms with van der Waals surface area (Å²) in [5, 5.41) is 13.6. The van der Waals surface area contributed by atoms with Gasteiger partial charge >= 0.3 is 5.69 Å². The number of nitrogens with one attached hydrogen (secondary N) is 1. The summed E-state index contributed by atoms with van der Waals surface area (Å²) < 4.78 is 5.11. The highest BCUT2D eigenvalue weighted by molar-refractivity contribution is 5.72. The SMILES string of the molecule is Cc1ccc([N+](=O)[O-])c2c1NC=CO2. The average molecular weight is 192 g/mol. The molecule has 0 amide bonds. The lowest BCUT2D eigenvalue weighted by atomic mass is 10.1. The van der Waals surface area contributed by atoms with E-state index in [4.69, 9.17) is 4.74 Å². The Hall–Kier alpha value is -2.04. The van der Waals surface area contributed by atoms with Crippen molar-refractivity contribution in [2.75, 3.05) is 5.32 Å². The average Bonchev–Trinajstić information content (AvgIpc) is 2.18. The Labute approximate surface area is 80.1 Å². The molecule has 1 N–H and O–H groups in total. The quantitative estimate of drug-likeness (QED) is 0.547. The molecule has 0 aromatic heterocycles. The fourth-order valence-electron chi connectivity index (χ4n) is 1.33. The summed E-state index contributed by atoms with van der Waals surface area (Å²) in [6.07, 6.45) is 2.98. The number of benzene rings is 1. The highest BCUT2D eigenvalue weighted by atomic mass is 16.6. The van der Waals surface area contributed by atoms with Crippen LogP contribution in [0.15, 0.2) is 24.6 Å². The van der Waals surface area contributed by atoms with Gasteiger partial charge in [-0.15, -0.1) is 0 Å². The molecule has 0 spiro atoms. The lowest BCUT2D eigenvalue weighted by Gasteiger charge is -2.14. The van der Waals surface area contributed by atoms with E-state index in [0.717, 1.165) is 5.56 Å². The lowest BCUT2D eigenvalue weighted by molar-refractivity contribution is -0.385. The Kier molecular flexibility index (Phi) is 1.85. The van der Waals surface area contributed by atoms with Gasteiger partial charge in [0.2, 0.25) is 5.75 Å². The first-order valence-corrected chi connectivity index (χ1v) is 4.06. The van der Waals surface area contributed by atoms with Gasteiger partial charge in [-0.3, -0.25) is 10.1 Å². The summed E-state index contributed by atoms with van der Waals surface area (Å²) in [4.78, 5) is 10.2. The maximum atomic E-state index is 10.7. The highest BCUT2D eigenvalue weighted by Crippen LogP contribution is 2.39. The van der Waals surface area contributed by atoms with Gasteiger partial charge in [0, 0.05) is 12.3 Å². The first-order valence-electron chi connectivity index (χ1n) is 4.06. The molecule has 0 bridgehead atoms. The molecule has 2 rings (SSSR count). The molecule has 0 saturated carbocycles. The number of rotatable bonds is 1. The number of fused-ring (bicyclic) bond motifs is 1. The van der Waals surface area contributed by atoms with E-state index in [2.05, 4.69) is 5.32 Å². The number of aryl methyl sites for hydroxylation is 1. The molecule has 0 aliphatic carbocycles. The van der Waals surface area contributed by atoms with Crippen LogP contribution in [0.4, 0.5) is 11.4 Å². The van der Waals surface area contributed by atoms with E-state index in [0.29, 0.717) is 5.69 Å². The molecular weight excluding hydrogens is 184 g/mol. The van der Waals surface area contributed by atoms with Crippen molar-refractivity contribution in [1.82, 2.24) is 0 Å². The topological polar surface area (TPSA) is 64.4 Å². The fourth-order valence-corrected chi connectivity index (χ4v) is 1.33. The number of nitro groups is 1. The molecule has 1 aliphatic heterocycles. The van der Waals surface area contributed by atoms with E-state index >= 15 is 0 Å². The number of anilines is 1. The maximum Gasteiger partial charge on any atom is 0.313 e. The Morgan fingerprint density at radius 2 is 2.29 bits per heavy atom. The molecule has 14 heavy (non-hydrogen) atoms. The maximum absolute atomic E-state index is 10.7. The second-order valence-corrected chi connectivity index (χ2v) is 2.93. The third kappa shape index (κ3) is 1.19. The van der Waals surface area contributed by atoms with Crippen LogP contribution in [0.25, 0.3) is 0 Å². The van der Waals surface area contributed by atoms with Crippen LogP contribution >= 0.6 is 0 Å². The van der Waals surface area contributed by atoms with Crippen LogP contribution in [0, 0.1) is 17.0 Å². The van der Waals surface area contributed by atoms with Crippen LogP contribution in [0.5, 0.6) is 5.75 Å². The van der Waals surface area contributed by atoms with Crippen molar-refractivity contribution in [3.8, 4) is 5.75 Å². The largest absolute Gasteiger partial charge is 0.454 e. The summed E-state index contributed by atoms with van der Waals surface area (Å²) >= 11 is 0. The second-order valence-electron chi connectivity index (χ2n) is 2.93. The molecule has 5 nitrogen and oxygen atoms in total. The number of hydrogen-bond acceptors (Lipinski definition) is 4. The van der Waals surface area contributed by atoms with Crippen molar-refractivity contribution in [3.63, 3.8) is 0 Å².